The highest BCUT2D eigenvalue weighted by molar-refractivity contribution is 5.83. The van der Waals surface area contributed by atoms with E-state index in [0.29, 0.717) is 50.4 Å². The summed E-state index contributed by atoms with van der Waals surface area (Å²) in [5, 5.41) is 3.09. The Morgan fingerprint density at radius 3 is 2.67 bits per heavy atom. The summed E-state index contributed by atoms with van der Waals surface area (Å²) in [5.41, 5.74) is 2.04. The highest BCUT2D eigenvalue weighted by atomic mass is 19.1. The minimum Gasteiger partial charge on any atom is -0.496 e. The number of ether oxygens (including phenoxy) is 3. The lowest BCUT2D eigenvalue weighted by molar-refractivity contribution is -0.137. The van der Waals surface area contributed by atoms with E-state index < -0.39 is 5.41 Å². The first-order valence-electron chi connectivity index (χ1n) is 10.3. The van der Waals surface area contributed by atoms with Gasteiger partial charge in [0.05, 0.1) is 19.1 Å². The van der Waals surface area contributed by atoms with E-state index in [1.165, 1.54) is 12.1 Å². The van der Waals surface area contributed by atoms with Crippen molar-refractivity contribution < 1.29 is 23.4 Å². The van der Waals surface area contributed by atoms with Crippen molar-refractivity contribution in [2.24, 2.45) is 5.41 Å². The summed E-state index contributed by atoms with van der Waals surface area (Å²) in [5.74, 6) is 0.327. The Bertz CT molecular complexity index is 864. The summed E-state index contributed by atoms with van der Waals surface area (Å²) in [4.78, 5) is 13.2. The number of methoxy groups -OCH3 is 2. The van der Waals surface area contributed by atoms with E-state index in [9.17, 15) is 9.18 Å². The van der Waals surface area contributed by atoms with Crippen LogP contribution < -0.4 is 10.1 Å². The molecule has 1 amide bonds. The van der Waals surface area contributed by atoms with Crippen LogP contribution in [0.2, 0.25) is 0 Å². The van der Waals surface area contributed by atoms with Crippen LogP contribution in [0.5, 0.6) is 5.75 Å². The maximum atomic E-state index is 13.9. The van der Waals surface area contributed by atoms with Gasteiger partial charge in [0.1, 0.15) is 11.6 Å². The molecule has 1 N–H and O–H groups in total. The molecule has 1 aliphatic rings. The summed E-state index contributed by atoms with van der Waals surface area (Å²) in [7, 11) is 3.20. The fourth-order valence-electron chi connectivity index (χ4n) is 4.06. The number of nitrogens with one attached hydrogen (secondary N) is 1. The van der Waals surface area contributed by atoms with Crippen LogP contribution in [0.15, 0.2) is 42.5 Å². The second kappa shape index (κ2) is 10.0. The van der Waals surface area contributed by atoms with E-state index in [1.54, 1.807) is 20.3 Å². The van der Waals surface area contributed by atoms with Crippen LogP contribution in [-0.2, 0) is 20.7 Å². The molecule has 5 nitrogen and oxygen atoms in total. The number of hydrogen-bond acceptors (Lipinski definition) is 4. The lowest BCUT2D eigenvalue weighted by atomic mass is 9.74. The van der Waals surface area contributed by atoms with E-state index >= 15 is 0 Å². The Hall–Kier alpha value is -2.44. The first-order chi connectivity index (χ1) is 14.5. The molecule has 3 rings (SSSR count). The van der Waals surface area contributed by atoms with Crippen LogP contribution >= 0.6 is 0 Å². The standard InChI is InChI=1S/C24H30FNO4/c1-17(16-28-2)26-23(27)24(9-11-30-12-10-24)15-18-5-4-6-19(13-18)21-14-20(25)7-8-22(21)29-3/h4-8,13-14,17H,9-12,15-16H2,1-3H3,(H,26,27)/t17-/m1/s1. The van der Waals surface area contributed by atoms with E-state index in [1.807, 2.05) is 31.2 Å². The van der Waals surface area contributed by atoms with Gasteiger partial charge in [-0.3, -0.25) is 4.79 Å². The van der Waals surface area contributed by atoms with Crippen molar-refractivity contribution in [2.75, 3.05) is 34.0 Å². The fourth-order valence-corrected chi connectivity index (χ4v) is 4.06. The number of benzene rings is 2. The third-order valence-corrected chi connectivity index (χ3v) is 5.67. The van der Waals surface area contributed by atoms with Gasteiger partial charge < -0.3 is 19.5 Å². The third kappa shape index (κ3) is 5.18. The van der Waals surface area contributed by atoms with Crippen molar-refractivity contribution in [3.63, 3.8) is 0 Å². The second-order valence-electron chi connectivity index (χ2n) is 7.94. The molecule has 0 saturated carbocycles. The van der Waals surface area contributed by atoms with Crippen molar-refractivity contribution in [3.8, 4) is 16.9 Å². The zero-order valence-electron chi connectivity index (χ0n) is 17.9. The molecule has 1 fully saturated rings. The largest absolute Gasteiger partial charge is 0.496 e. The van der Waals surface area contributed by atoms with E-state index in [-0.39, 0.29) is 17.8 Å². The third-order valence-electron chi connectivity index (χ3n) is 5.67. The lowest BCUT2D eigenvalue weighted by Crippen LogP contribution is -2.49. The summed E-state index contributed by atoms with van der Waals surface area (Å²) in [6, 6.07) is 12.3. The summed E-state index contributed by atoms with van der Waals surface area (Å²) in [6.07, 6.45) is 1.91. The molecule has 0 aromatic heterocycles. The van der Waals surface area contributed by atoms with E-state index in [2.05, 4.69) is 5.32 Å². The number of carbonyl (C=O) groups is 1. The molecule has 0 aliphatic carbocycles. The topological polar surface area (TPSA) is 56.8 Å². The van der Waals surface area contributed by atoms with Crippen LogP contribution in [0.25, 0.3) is 11.1 Å². The molecule has 0 unspecified atom stereocenters. The number of amides is 1. The monoisotopic (exact) mass is 415 g/mol. The summed E-state index contributed by atoms with van der Waals surface area (Å²) in [6.45, 7) is 3.52. The molecule has 1 aliphatic heterocycles. The normalized spacial score (nSPS) is 16.7. The molecule has 6 heteroatoms. The SMILES string of the molecule is COC[C@@H](C)NC(=O)C1(Cc2cccc(-c3cc(F)ccc3OC)c2)CCOCC1. The van der Waals surface area contributed by atoms with Crippen molar-refractivity contribution in [1.82, 2.24) is 5.32 Å². The minimum absolute atomic E-state index is 0.0316. The predicted molar refractivity (Wildman–Crippen MR) is 114 cm³/mol. The number of hydrogen-bond donors (Lipinski definition) is 1. The Morgan fingerprint density at radius 1 is 1.20 bits per heavy atom. The van der Waals surface area contributed by atoms with Gasteiger partial charge >= 0.3 is 0 Å². The summed E-state index contributed by atoms with van der Waals surface area (Å²) >= 11 is 0. The first-order valence-corrected chi connectivity index (χ1v) is 10.3. The Kier molecular flexibility index (Phi) is 7.45. The van der Waals surface area contributed by atoms with Crippen LogP contribution in [0, 0.1) is 11.2 Å². The number of halogens is 1. The molecule has 2 aromatic rings. The van der Waals surface area contributed by atoms with Gasteiger partial charge in [0.15, 0.2) is 0 Å². The molecule has 1 heterocycles. The van der Waals surface area contributed by atoms with Gasteiger partial charge in [-0.05, 0) is 55.5 Å². The Labute approximate surface area is 177 Å². The molecule has 30 heavy (non-hydrogen) atoms. The molecular weight excluding hydrogens is 385 g/mol. The second-order valence-corrected chi connectivity index (χ2v) is 7.94. The smallest absolute Gasteiger partial charge is 0.227 e. The molecule has 1 atom stereocenters. The molecule has 162 valence electrons. The Balaban J connectivity index is 1.88. The number of carbonyl (C=O) groups excluding carboxylic acids is 1. The van der Waals surface area contributed by atoms with Gasteiger partial charge in [0.2, 0.25) is 5.91 Å². The molecule has 1 saturated heterocycles. The zero-order valence-corrected chi connectivity index (χ0v) is 17.9. The quantitative estimate of drug-likeness (QED) is 0.708. The predicted octanol–water partition coefficient (Wildman–Crippen LogP) is 3.99. The van der Waals surface area contributed by atoms with Crippen molar-refractivity contribution in [3.05, 3.63) is 53.8 Å². The van der Waals surface area contributed by atoms with Crippen LogP contribution in [0.1, 0.15) is 25.3 Å². The average Bonchev–Trinajstić information content (AvgIpc) is 2.74. The van der Waals surface area contributed by atoms with Gasteiger partial charge in [-0.15, -0.1) is 0 Å². The van der Waals surface area contributed by atoms with Gasteiger partial charge in [-0.1, -0.05) is 24.3 Å². The first kappa shape index (κ1) is 22.2. The van der Waals surface area contributed by atoms with Crippen molar-refractivity contribution in [1.29, 1.82) is 0 Å². The molecule has 0 radical (unpaired) electrons. The zero-order chi connectivity index (χ0) is 21.6. The fraction of sp³-hybridized carbons (Fsp3) is 0.458. The van der Waals surface area contributed by atoms with Crippen molar-refractivity contribution in [2.45, 2.75) is 32.2 Å². The minimum atomic E-state index is -0.537. The lowest BCUT2D eigenvalue weighted by Gasteiger charge is -2.37. The Morgan fingerprint density at radius 2 is 1.97 bits per heavy atom. The van der Waals surface area contributed by atoms with Gasteiger partial charge in [-0.25, -0.2) is 4.39 Å². The van der Waals surface area contributed by atoms with Gasteiger partial charge in [0.25, 0.3) is 0 Å². The molecule has 0 spiro atoms. The molecular formula is C24H30FNO4. The van der Waals surface area contributed by atoms with Crippen LogP contribution in [0.4, 0.5) is 4.39 Å². The number of rotatable bonds is 8. The van der Waals surface area contributed by atoms with Crippen molar-refractivity contribution >= 4 is 5.91 Å². The maximum Gasteiger partial charge on any atom is 0.227 e. The van der Waals surface area contributed by atoms with E-state index in [4.69, 9.17) is 14.2 Å². The highest BCUT2D eigenvalue weighted by Gasteiger charge is 2.40. The van der Waals surface area contributed by atoms with Gasteiger partial charge in [-0.2, -0.15) is 0 Å². The maximum absolute atomic E-state index is 13.9. The van der Waals surface area contributed by atoms with E-state index in [0.717, 1.165) is 11.1 Å². The summed E-state index contributed by atoms with van der Waals surface area (Å²) < 4.78 is 30.0. The van der Waals surface area contributed by atoms with Crippen LogP contribution in [0.3, 0.4) is 0 Å². The molecule has 2 aromatic carbocycles. The van der Waals surface area contributed by atoms with Crippen LogP contribution in [-0.4, -0.2) is 46.0 Å². The average molecular weight is 416 g/mol. The molecule has 0 bridgehead atoms. The van der Waals surface area contributed by atoms with Gasteiger partial charge in [0, 0.05) is 31.9 Å². The highest BCUT2D eigenvalue weighted by Crippen LogP contribution is 2.37.